The van der Waals surface area contributed by atoms with E-state index in [4.69, 9.17) is 4.74 Å². The fourth-order valence-electron chi connectivity index (χ4n) is 2.85. The summed E-state index contributed by atoms with van der Waals surface area (Å²) in [5.74, 6) is 0.651. The molecule has 4 rings (SSSR count). The first-order valence-electron chi connectivity index (χ1n) is 9.16. The van der Waals surface area contributed by atoms with Gasteiger partial charge in [0.25, 0.3) is 5.91 Å². The first-order chi connectivity index (χ1) is 14.3. The number of carbonyl (C=O) groups excluding carboxylic acids is 1. The number of nitrogens with zero attached hydrogens (tertiary/aromatic N) is 4. The molecule has 7 nitrogen and oxygen atoms in total. The smallest absolute Gasteiger partial charge is 0.253 e. The van der Waals surface area contributed by atoms with Gasteiger partial charge in [-0.2, -0.15) is 4.68 Å². The summed E-state index contributed by atoms with van der Waals surface area (Å²) in [5, 5.41) is 14.1. The molecular formula is C22H19N5O2. The Hall–Kier alpha value is -4.00. The number of ether oxygens (including phenoxy) is 1. The summed E-state index contributed by atoms with van der Waals surface area (Å²) in [6.07, 6.45) is 1.46. The number of para-hydroxylation sites is 2. The third kappa shape index (κ3) is 4.65. The predicted octanol–water partition coefficient (Wildman–Crippen LogP) is 3.17. The van der Waals surface area contributed by atoms with Crippen LogP contribution in [-0.4, -0.2) is 26.1 Å². The number of benzene rings is 3. The highest BCUT2D eigenvalue weighted by Gasteiger charge is 2.12. The Kier molecular flexibility index (Phi) is 5.57. The lowest BCUT2D eigenvalue weighted by atomic mass is 10.1. The number of rotatable bonds is 7. The highest BCUT2D eigenvalue weighted by atomic mass is 16.5. The number of hydrogen-bond acceptors (Lipinski definition) is 5. The maximum Gasteiger partial charge on any atom is 0.253 e. The molecular weight excluding hydrogens is 366 g/mol. The summed E-state index contributed by atoms with van der Waals surface area (Å²) < 4.78 is 7.22. The number of nitrogens with one attached hydrogen (secondary N) is 1. The molecule has 4 aromatic rings. The molecule has 0 saturated carbocycles. The lowest BCUT2D eigenvalue weighted by Gasteiger charge is -2.10. The molecule has 0 aliphatic carbocycles. The van der Waals surface area contributed by atoms with Crippen LogP contribution >= 0.6 is 0 Å². The second-order valence-corrected chi connectivity index (χ2v) is 6.37. The minimum Gasteiger partial charge on any atom is -0.489 e. The van der Waals surface area contributed by atoms with Crippen LogP contribution < -0.4 is 10.1 Å². The van der Waals surface area contributed by atoms with Crippen molar-refractivity contribution < 1.29 is 9.53 Å². The summed E-state index contributed by atoms with van der Waals surface area (Å²) in [6.45, 7) is 0.915. The molecule has 0 aliphatic heterocycles. The van der Waals surface area contributed by atoms with Crippen LogP contribution in [0.25, 0.3) is 5.69 Å². The van der Waals surface area contributed by atoms with Gasteiger partial charge in [0.05, 0.1) is 11.3 Å². The van der Waals surface area contributed by atoms with Crippen LogP contribution in [0.4, 0.5) is 0 Å². The maximum atomic E-state index is 12.6. The molecule has 0 fully saturated rings. The molecule has 1 N–H and O–H groups in total. The molecule has 0 spiro atoms. The van der Waals surface area contributed by atoms with Crippen molar-refractivity contribution >= 4 is 5.91 Å². The molecule has 0 bridgehead atoms. The van der Waals surface area contributed by atoms with E-state index in [0.29, 0.717) is 24.4 Å². The Balaban J connectivity index is 1.35. The van der Waals surface area contributed by atoms with E-state index in [2.05, 4.69) is 20.8 Å². The van der Waals surface area contributed by atoms with E-state index in [0.717, 1.165) is 16.9 Å². The number of carbonyl (C=O) groups is 1. The fourth-order valence-corrected chi connectivity index (χ4v) is 2.85. The highest BCUT2D eigenvalue weighted by Crippen LogP contribution is 2.14. The van der Waals surface area contributed by atoms with E-state index in [1.165, 1.54) is 11.0 Å². The zero-order valence-corrected chi connectivity index (χ0v) is 15.6. The molecule has 0 unspecified atom stereocenters. The fraction of sp³-hybridized carbons (Fsp3) is 0.0909. The molecule has 3 aromatic carbocycles. The van der Waals surface area contributed by atoms with Crippen LogP contribution in [-0.2, 0) is 13.2 Å². The molecule has 29 heavy (non-hydrogen) atoms. The third-order valence-corrected chi connectivity index (χ3v) is 4.37. The van der Waals surface area contributed by atoms with E-state index >= 15 is 0 Å². The average molecular weight is 385 g/mol. The van der Waals surface area contributed by atoms with Crippen LogP contribution in [0.3, 0.4) is 0 Å². The lowest BCUT2D eigenvalue weighted by Crippen LogP contribution is -2.24. The Bertz CT molecular complexity index is 1060. The van der Waals surface area contributed by atoms with E-state index in [1.54, 1.807) is 12.1 Å². The Morgan fingerprint density at radius 3 is 2.38 bits per heavy atom. The zero-order chi connectivity index (χ0) is 19.9. The minimum atomic E-state index is -0.187. The lowest BCUT2D eigenvalue weighted by molar-refractivity contribution is 0.0950. The maximum absolute atomic E-state index is 12.6. The van der Waals surface area contributed by atoms with Crippen molar-refractivity contribution in [2.24, 2.45) is 0 Å². The summed E-state index contributed by atoms with van der Waals surface area (Å²) in [6, 6.07) is 24.9. The Labute approximate surface area is 168 Å². The van der Waals surface area contributed by atoms with Crippen molar-refractivity contribution in [3.05, 3.63) is 102 Å². The topological polar surface area (TPSA) is 81.9 Å². The van der Waals surface area contributed by atoms with E-state index in [-0.39, 0.29) is 5.91 Å². The molecule has 1 amide bonds. The van der Waals surface area contributed by atoms with Crippen molar-refractivity contribution in [2.75, 3.05) is 0 Å². The van der Waals surface area contributed by atoms with Gasteiger partial charge in [0.1, 0.15) is 18.7 Å². The Morgan fingerprint density at radius 1 is 0.897 bits per heavy atom. The van der Waals surface area contributed by atoms with Gasteiger partial charge >= 0.3 is 0 Å². The zero-order valence-electron chi connectivity index (χ0n) is 15.6. The van der Waals surface area contributed by atoms with Gasteiger partial charge < -0.3 is 10.1 Å². The summed E-state index contributed by atoms with van der Waals surface area (Å²) in [7, 11) is 0. The summed E-state index contributed by atoms with van der Waals surface area (Å²) in [5.41, 5.74) is 3.20. The first-order valence-corrected chi connectivity index (χ1v) is 9.16. The van der Waals surface area contributed by atoms with Gasteiger partial charge in [-0.1, -0.05) is 54.6 Å². The standard InChI is InChI=1S/C22H19N5O2/c28-22(20-8-4-5-9-21(20)27-16-24-25-26-27)23-14-17-10-12-18(13-11-17)15-29-19-6-2-1-3-7-19/h1-13,16H,14-15H2,(H,23,28). The quantitative estimate of drug-likeness (QED) is 0.528. The van der Waals surface area contributed by atoms with Gasteiger partial charge in [-0.25, -0.2) is 0 Å². The van der Waals surface area contributed by atoms with Gasteiger partial charge in [0.2, 0.25) is 0 Å². The third-order valence-electron chi connectivity index (χ3n) is 4.37. The van der Waals surface area contributed by atoms with Crippen molar-refractivity contribution in [2.45, 2.75) is 13.2 Å². The van der Waals surface area contributed by atoms with Gasteiger partial charge in [0, 0.05) is 6.54 Å². The molecule has 1 heterocycles. The molecule has 0 radical (unpaired) electrons. The van der Waals surface area contributed by atoms with E-state index in [9.17, 15) is 4.79 Å². The monoisotopic (exact) mass is 385 g/mol. The van der Waals surface area contributed by atoms with Crippen LogP contribution in [0.1, 0.15) is 21.5 Å². The number of amides is 1. The molecule has 7 heteroatoms. The van der Waals surface area contributed by atoms with Crippen molar-refractivity contribution in [1.29, 1.82) is 0 Å². The summed E-state index contributed by atoms with van der Waals surface area (Å²) >= 11 is 0. The van der Waals surface area contributed by atoms with Gasteiger partial charge in [-0.3, -0.25) is 4.79 Å². The normalized spacial score (nSPS) is 10.5. The number of hydrogen-bond donors (Lipinski definition) is 1. The van der Waals surface area contributed by atoms with Crippen LogP contribution in [0.15, 0.2) is 85.2 Å². The second kappa shape index (κ2) is 8.79. The van der Waals surface area contributed by atoms with Gasteiger partial charge in [0.15, 0.2) is 0 Å². The van der Waals surface area contributed by atoms with Crippen LogP contribution in [0, 0.1) is 0 Å². The number of aromatic nitrogens is 4. The molecule has 0 saturated heterocycles. The van der Waals surface area contributed by atoms with Crippen molar-refractivity contribution in [3.8, 4) is 11.4 Å². The van der Waals surface area contributed by atoms with Crippen LogP contribution in [0.2, 0.25) is 0 Å². The Morgan fingerprint density at radius 2 is 1.62 bits per heavy atom. The van der Waals surface area contributed by atoms with Gasteiger partial charge in [-0.15, -0.1) is 5.10 Å². The molecule has 0 atom stereocenters. The average Bonchev–Trinajstić information content (AvgIpc) is 3.32. The highest BCUT2D eigenvalue weighted by molar-refractivity contribution is 5.97. The van der Waals surface area contributed by atoms with E-state index in [1.807, 2.05) is 66.7 Å². The minimum absolute atomic E-state index is 0.187. The first kappa shape index (κ1) is 18.4. The SMILES string of the molecule is O=C(NCc1ccc(COc2ccccc2)cc1)c1ccccc1-n1cnnn1. The summed E-state index contributed by atoms with van der Waals surface area (Å²) in [4.78, 5) is 12.6. The van der Waals surface area contributed by atoms with Crippen LogP contribution in [0.5, 0.6) is 5.75 Å². The predicted molar refractivity (Wildman–Crippen MR) is 108 cm³/mol. The van der Waals surface area contributed by atoms with Crippen molar-refractivity contribution in [3.63, 3.8) is 0 Å². The molecule has 144 valence electrons. The van der Waals surface area contributed by atoms with Gasteiger partial charge in [-0.05, 0) is 45.8 Å². The molecule has 1 aromatic heterocycles. The molecule has 0 aliphatic rings. The number of tetrazole rings is 1. The van der Waals surface area contributed by atoms with E-state index < -0.39 is 0 Å². The van der Waals surface area contributed by atoms with Crippen molar-refractivity contribution in [1.82, 2.24) is 25.5 Å². The second-order valence-electron chi connectivity index (χ2n) is 6.37. The largest absolute Gasteiger partial charge is 0.489 e.